The van der Waals surface area contributed by atoms with E-state index in [9.17, 15) is 13.2 Å². The number of rotatable bonds is 2. The second-order valence-corrected chi connectivity index (χ2v) is 7.26. The normalized spacial score (nSPS) is 23.5. The van der Waals surface area contributed by atoms with E-state index in [2.05, 4.69) is 10.6 Å². The Morgan fingerprint density at radius 3 is 2.90 bits per heavy atom. The SMILES string of the molecule is CC1C(=O)NCCN1S(=O)(=O)c1cccc2c1CCNC2. The van der Waals surface area contributed by atoms with E-state index in [0.29, 0.717) is 31.0 Å². The molecule has 2 aliphatic heterocycles. The van der Waals surface area contributed by atoms with Crippen LogP contribution in [0.5, 0.6) is 0 Å². The molecule has 2 aliphatic rings. The molecule has 1 fully saturated rings. The summed E-state index contributed by atoms with van der Waals surface area (Å²) in [6.45, 7) is 3.77. The first kappa shape index (κ1) is 14.5. The molecule has 6 nitrogen and oxygen atoms in total. The van der Waals surface area contributed by atoms with E-state index in [-0.39, 0.29) is 5.91 Å². The maximum atomic E-state index is 12.9. The molecule has 21 heavy (non-hydrogen) atoms. The van der Waals surface area contributed by atoms with E-state index < -0.39 is 16.1 Å². The molecule has 0 spiro atoms. The van der Waals surface area contributed by atoms with Crippen molar-refractivity contribution in [2.24, 2.45) is 0 Å². The Hall–Kier alpha value is -1.44. The van der Waals surface area contributed by atoms with Crippen LogP contribution in [-0.4, -0.2) is 44.3 Å². The zero-order valence-electron chi connectivity index (χ0n) is 11.9. The van der Waals surface area contributed by atoms with Gasteiger partial charge in [-0.25, -0.2) is 8.42 Å². The molecular formula is C14H19N3O3S. The van der Waals surface area contributed by atoms with Gasteiger partial charge >= 0.3 is 0 Å². The molecule has 1 aromatic rings. The average Bonchev–Trinajstić information content (AvgIpc) is 2.49. The Morgan fingerprint density at radius 1 is 1.29 bits per heavy atom. The lowest BCUT2D eigenvalue weighted by Gasteiger charge is -2.33. The van der Waals surface area contributed by atoms with Crippen LogP contribution in [0.1, 0.15) is 18.1 Å². The monoisotopic (exact) mass is 309 g/mol. The summed E-state index contributed by atoms with van der Waals surface area (Å²) in [6.07, 6.45) is 0.694. The van der Waals surface area contributed by atoms with Crippen LogP contribution in [0.15, 0.2) is 23.1 Å². The number of benzene rings is 1. The third-order valence-corrected chi connectivity index (χ3v) is 6.18. The van der Waals surface area contributed by atoms with Gasteiger partial charge < -0.3 is 10.6 Å². The number of nitrogens with zero attached hydrogens (tertiary/aromatic N) is 1. The first-order valence-electron chi connectivity index (χ1n) is 7.13. The maximum Gasteiger partial charge on any atom is 0.244 e. The fourth-order valence-corrected chi connectivity index (χ4v) is 4.85. The van der Waals surface area contributed by atoms with Crippen molar-refractivity contribution in [3.63, 3.8) is 0 Å². The van der Waals surface area contributed by atoms with Crippen molar-refractivity contribution in [1.82, 2.24) is 14.9 Å². The molecule has 0 aliphatic carbocycles. The molecule has 1 amide bonds. The lowest BCUT2D eigenvalue weighted by molar-refractivity contribution is -0.126. The lowest BCUT2D eigenvalue weighted by atomic mass is 10.0. The summed E-state index contributed by atoms with van der Waals surface area (Å²) in [4.78, 5) is 12.1. The largest absolute Gasteiger partial charge is 0.353 e. The van der Waals surface area contributed by atoms with Gasteiger partial charge in [0.25, 0.3) is 0 Å². The van der Waals surface area contributed by atoms with Gasteiger partial charge in [-0.05, 0) is 37.1 Å². The zero-order valence-corrected chi connectivity index (χ0v) is 12.7. The number of nitrogens with one attached hydrogen (secondary N) is 2. The quantitative estimate of drug-likeness (QED) is 0.796. The summed E-state index contributed by atoms with van der Waals surface area (Å²) in [5, 5.41) is 5.94. The summed E-state index contributed by atoms with van der Waals surface area (Å²) in [5.41, 5.74) is 1.91. The fraction of sp³-hybridized carbons (Fsp3) is 0.500. The van der Waals surface area contributed by atoms with Gasteiger partial charge in [0.15, 0.2) is 0 Å². The number of carbonyl (C=O) groups excluding carboxylic acids is 1. The molecule has 0 bridgehead atoms. The van der Waals surface area contributed by atoms with Gasteiger partial charge in [-0.3, -0.25) is 4.79 Å². The minimum Gasteiger partial charge on any atom is -0.353 e. The average molecular weight is 309 g/mol. The number of carbonyl (C=O) groups is 1. The highest BCUT2D eigenvalue weighted by molar-refractivity contribution is 7.89. The van der Waals surface area contributed by atoms with E-state index in [1.807, 2.05) is 6.07 Å². The van der Waals surface area contributed by atoms with Crippen LogP contribution >= 0.6 is 0 Å². The Labute approximate surface area is 124 Å². The van der Waals surface area contributed by atoms with E-state index in [1.54, 1.807) is 19.1 Å². The van der Waals surface area contributed by atoms with Crippen LogP contribution in [0.25, 0.3) is 0 Å². The fourth-order valence-electron chi connectivity index (χ4n) is 2.95. The van der Waals surface area contributed by atoms with Gasteiger partial charge in [-0.2, -0.15) is 4.31 Å². The highest BCUT2D eigenvalue weighted by Gasteiger charge is 2.37. The van der Waals surface area contributed by atoms with E-state index in [1.165, 1.54) is 4.31 Å². The highest BCUT2D eigenvalue weighted by Crippen LogP contribution is 2.27. The number of piperazine rings is 1. The van der Waals surface area contributed by atoms with Gasteiger partial charge in [0.05, 0.1) is 4.90 Å². The molecule has 1 unspecified atom stereocenters. The minimum atomic E-state index is -3.64. The van der Waals surface area contributed by atoms with Crippen LogP contribution in [0.2, 0.25) is 0 Å². The van der Waals surface area contributed by atoms with Gasteiger partial charge in [0.2, 0.25) is 15.9 Å². The van der Waals surface area contributed by atoms with Crippen molar-refractivity contribution < 1.29 is 13.2 Å². The smallest absolute Gasteiger partial charge is 0.244 e. The number of amides is 1. The molecule has 7 heteroatoms. The molecule has 1 saturated heterocycles. The van der Waals surface area contributed by atoms with Crippen molar-refractivity contribution in [1.29, 1.82) is 0 Å². The third-order valence-electron chi connectivity index (χ3n) is 4.13. The van der Waals surface area contributed by atoms with Crippen molar-refractivity contribution in [3.05, 3.63) is 29.3 Å². The predicted octanol–water partition coefficient (Wildman–Crippen LogP) is -0.159. The number of hydrogen-bond acceptors (Lipinski definition) is 4. The zero-order chi connectivity index (χ0) is 15.0. The van der Waals surface area contributed by atoms with E-state index in [0.717, 1.165) is 17.7 Å². The van der Waals surface area contributed by atoms with Crippen LogP contribution in [0, 0.1) is 0 Å². The van der Waals surface area contributed by atoms with Crippen LogP contribution in [0.3, 0.4) is 0 Å². The van der Waals surface area contributed by atoms with Crippen molar-refractivity contribution in [2.45, 2.75) is 30.8 Å². The molecule has 2 heterocycles. The first-order chi connectivity index (χ1) is 10.0. The third kappa shape index (κ3) is 2.45. The first-order valence-corrected chi connectivity index (χ1v) is 8.57. The number of hydrogen-bond donors (Lipinski definition) is 2. The van der Waals surface area contributed by atoms with Gasteiger partial charge in [-0.1, -0.05) is 12.1 Å². The molecule has 3 rings (SSSR count). The second-order valence-electron chi connectivity index (χ2n) is 5.40. The summed E-state index contributed by atoms with van der Waals surface area (Å²) in [5.74, 6) is -0.240. The molecule has 114 valence electrons. The maximum absolute atomic E-state index is 12.9. The molecule has 0 saturated carbocycles. The number of fused-ring (bicyclic) bond motifs is 1. The molecule has 1 aromatic carbocycles. The highest BCUT2D eigenvalue weighted by atomic mass is 32.2. The van der Waals surface area contributed by atoms with Crippen LogP contribution in [0.4, 0.5) is 0 Å². The van der Waals surface area contributed by atoms with Crippen molar-refractivity contribution in [2.75, 3.05) is 19.6 Å². The topological polar surface area (TPSA) is 78.5 Å². The standard InChI is InChI=1S/C14H19N3O3S/c1-10-14(18)16-7-8-17(10)21(19,20)13-4-2-3-11-9-15-6-5-12(11)13/h2-4,10,15H,5-9H2,1H3,(H,16,18). The summed E-state index contributed by atoms with van der Waals surface area (Å²) >= 11 is 0. The Bertz CT molecular complexity index is 672. The molecular weight excluding hydrogens is 290 g/mol. The van der Waals surface area contributed by atoms with Gasteiger partial charge in [-0.15, -0.1) is 0 Å². The summed E-state index contributed by atoms with van der Waals surface area (Å²) in [7, 11) is -3.64. The summed E-state index contributed by atoms with van der Waals surface area (Å²) < 4.78 is 27.2. The molecule has 0 aromatic heterocycles. The Morgan fingerprint density at radius 2 is 2.10 bits per heavy atom. The molecule has 0 radical (unpaired) electrons. The van der Waals surface area contributed by atoms with Gasteiger partial charge in [0.1, 0.15) is 6.04 Å². The van der Waals surface area contributed by atoms with Crippen LogP contribution in [-0.2, 0) is 27.8 Å². The Balaban J connectivity index is 2.04. The van der Waals surface area contributed by atoms with Crippen molar-refractivity contribution in [3.8, 4) is 0 Å². The van der Waals surface area contributed by atoms with Gasteiger partial charge in [0, 0.05) is 19.6 Å². The number of sulfonamides is 1. The van der Waals surface area contributed by atoms with Crippen LogP contribution < -0.4 is 10.6 Å². The van der Waals surface area contributed by atoms with Crippen molar-refractivity contribution >= 4 is 15.9 Å². The van der Waals surface area contributed by atoms with E-state index >= 15 is 0 Å². The Kier molecular flexibility index (Phi) is 3.73. The van der Waals surface area contributed by atoms with E-state index in [4.69, 9.17) is 0 Å². The second kappa shape index (κ2) is 5.40. The minimum absolute atomic E-state index is 0.240. The lowest BCUT2D eigenvalue weighted by Crippen LogP contribution is -2.55. The summed E-state index contributed by atoms with van der Waals surface area (Å²) in [6, 6.07) is 4.71. The predicted molar refractivity (Wildman–Crippen MR) is 78.2 cm³/mol. The molecule has 1 atom stereocenters. The molecule has 2 N–H and O–H groups in total.